The first-order valence-electron chi connectivity index (χ1n) is 8.88. The fraction of sp³-hybridized carbons (Fsp3) is 0.526. The first-order chi connectivity index (χ1) is 11.9. The molecule has 1 N–H and O–H groups in total. The number of aromatic nitrogens is 2. The van der Waals surface area contributed by atoms with Crippen LogP contribution in [0.25, 0.3) is 11.1 Å². The Morgan fingerprint density at radius 2 is 2.12 bits per heavy atom. The van der Waals surface area contributed by atoms with Crippen LogP contribution in [-0.2, 0) is 4.74 Å². The van der Waals surface area contributed by atoms with Crippen molar-refractivity contribution in [2.75, 3.05) is 26.9 Å². The molecule has 0 spiro atoms. The monoisotopic (exact) mass is 327 g/mol. The Morgan fingerprint density at radius 3 is 2.96 bits per heavy atom. The summed E-state index contributed by atoms with van der Waals surface area (Å²) in [5.74, 6) is 0.882. The van der Waals surface area contributed by atoms with Gasteiger partial charge in [0.25, 0.3) is 0 Å². The van der Waals surface area contributed by atoms with Crippen LogP contribution in [0.15, 0.2) is 30.5 Å². The molecule has 0 unspecified atom stereocenters. The molecule has 3 heterocycles. The summed E-state index contributed by atoms with van der Waals surface area (Å²) in [4.78, 5) is 2.67. The van der Waals surface area contributed by atoms with E-state index < -0.39 is 0 Å². The molecule has 0 radical (unpaired) electrons. The molecule has 128 valence electrons. The van der Waals surface area contributed by atoms with Crippen molar-refractivity contribution in [2.24, 2.45) is 0 Å². The van der Waals surface area contributed by atoms with E-state index in [4.69, 9.17) is 9.47 Å². The number of hydrogen-bond donors (Lipinski definition) is 1. The molecule has 0 saturated carbocycles. The van der Waals surface area contributed by atoms with Crippen LogP contribution in [0.3, 0.4) is 0 Å². The summed E-state index contributed by atoms with van der Waals surface area (Å²) >= 11 is 0. The predicted octanol–water partition coefficient (Wildman–Crippen LogP) is 3.40. The highest BCUT2D eigenvalue weighted by Crippen LogP contribution is 2.39. The molecule has 2 fully saturated rings. The van der Waals surface area contributed by atoms with Gasteiger partial charge in [0.1, 0.15) is 5.75 Å². The minimum Gasteiger partial charge on any atom is -0.497 e. The highest BCUT2D eigenvalue weighted by molar-refractivity contribution is 5.67. The van der Waals surface area contributed by atoms with E-state index in [0.29, 0.717) is 12.1 Å². The highest BCUT2D eigenvalue weighted by atomic mass is 16.5. The third-order valence-corrected chi connectivity index (χ3v) is 5.34. The molecule has 1 aromatic heterocycles. The smallest absolute Gasteiger partial charge is 0.119 e. The van der Waals surface area contributed by atoms with E-state index in [1.54, 1.807) is 7.11 Å². The second kappa shape index (κ2) is 6.95. The first-order valence-corrected chi connectivity index (χ1v) is 8.88. The van der Waals surface area contributed by atoms with Crippen LogP contribution >= 0.6 is 0 Å². The molecule has 5 nitrogen and oxygen atoms in total. The molecule has 4 rings (SSSR count). The topological polar surface area (TPSA) is 50.4 Å². The lowest BCUT2D eigenvalue weighted by Gasteiger charge is -2.35. The van der Waals surface area contributed by atoms with Gasteiger partial charge in [-0.2, -0.15) is 5.10 Å². The van der Waals surface area contributed by atoms with Gasteiger partial charge in [-0.3, -0.25) is 10.00 Å². The fourth-order valence-electron chi connectivity index (χ4n) is 4.12. The van der Waals surface area contributed by atoms with Crippen LogP contribution in [0.1, 0.15) is 37.4 Å². The van der Waals surface area contributed by atoms with Gasteiger partial charge in [0.2, 0.25) is 0 Å². The van der Waals surface area contributed by atoms with Gasteiger partial charge in [0.15, 0.2) is 0 Å². The number of hydrogen-bond acceptors (Lipinski definition) is 4. The average molecular weight is 327 g/mol. The number of rotatable bonds is 4. The molecule has 2 aliphatic rings. The maximum absolute atomic E-state index is 5.54. The Kier molecular flexibility index (Phi) is 4.54. The molecule has 2 saturated heterocycles. The average Bonchev–Trinajstić information content (AvgIpc) is 3.31. The van der Waals surface area contributed by atoms with Crippen LogP contribution in [0.4, 0.5) is 0 Å². The molecule has 1 atom stereocenters. The predicted molar refractivity (Wildman–Crippen MR) is 93.1 cm³/mol. The van der Waals surface area contributed by atoms with Gasteiger partial charge in [-0.15, -0.1) is 0 Å². The molecule has 2 aliphatic heterocycles. The number of methoxy groups -OCH3 is 1. The Bertz CT molecular complexity index is 679. The lowest BCUT2D eigenvalue weighted by Crippen LogP contribution is -2.39. The van der Waals surface area contributed by atoms with Gasteiger partial charge in [-0.1, -0.05) is 12.1 Å². The number of ether oxygens (including phenoxy) is 2. The zero-order valence-corrected chi connectivity index (χ0v) is 14.2. The van der Waals surface area contributed by atoms with Crippen LogP contribution in [0, 0.1) is 0 Å². The maximum Gasteiger partial charge on any atom is 0.119 e. The third kappa shape index (κ3) is 2.94. The van der Waals surface area contributed by atoms with Crippen LogP contribution in [-0.4, -0.2) is 48.0 Å². The molecule has 24 heavy (non-hydrogen) atoms. The molecule has 0 amide bonds. The van der Waals surface area contributed by atoms with E-state index in [9.17, 15) is 0 Å². The van der Waals surface area contributed by atoms with E-state index in [1.165, 1.54) is 30.6 Å². The quantitative estimate of drug-likeness (QED) is 0.935. The number of nitrogens with zero attached hydrogens (tertiary/aromatic N) is 2. The lowest BCUT2D eigenvalue weighted by atomic mass is 9.99. The van der Waals surface area contributed by atoms with Crippen molar-refractivity contribution in [3.63, 3.8) is 0 Å². The Hall–Kier alpha value is -1.85. The van der Waals surface area contributed by atoms with Crippen molar-refractivity contribution in [1.29, 1.82) is 0 Å². The van der Waals surface area contributed by atoms with Gasteiger partial charge < -0.3 is 9.47 Å². The van der Waals surface area contributed by atoms with Crippen molar-refractivity contribution >= 4 is 0 Å². The van der Waals surface area contributed by atoms with Gasteiger partial charge in [-0.25, -0.2) is 0 Å². The third-order valence-electron chi connectivity index (χ3n) is 5.34. The number of nitrogens with one attached hydrogen (secondary N) is 1. The summed E-state index contributed by atoms with van der Waals surface area (Å²) in [6.45, 7) is 2.95. The molecule has 0 bridgehead atoms. The Balaban J connectivity index is 1.63. The maximum atomic E-state index is 5.54. The zero-order chi connectivity index (χ0) is 16.4. The molecule has 2 aromatic rings. The zero-order valence-electron chi connectivity index (χ0n) is 14.2. The van der Waals surface area contributed by atoms with Crippen molar-refractivity contribution in [2.45, 2.75) is 37.8 Å². The molecular formula is C19H25N3O2. The standard InChI is InChI=1S/C19H25N3O2/c1-23-16-5-2-4-14(12-16)17-13-20-21-19(17)18-6-3-9-22(18)15-7-10-24-11-8-15/h2,4-5,12-13,15,18H,3,6-11H2,1H3,(H,20,21)/t18-/m0/s1. The van der Waals surface area contributed by atoms with Gasteiger partial charge in [-0.05, 0) is 49.9 Å². The number of likely N-dealkylation sites (tertiary alicyclic amines) is 1. The number of aromatic amines is 1. The van der Waals surface area contributed by atoms with Gasteiger partial charge in [0.05, 0.1) is 25.0 Å². The summed E-state index contributed by atoms with van der Waals surface area (Å²) in [5.41, 5.74) is 3.60. The first kappa shape index (κ1) is 15.7. The summed E-state index contributed by atoms with van der Waals surface area (Å²) in [7, 11) is 1.71. The second-order valence-electron chi connectivity index (χ2n) is 6.67. The molecule has 0 aliphatic carbocycles. The van der Waals surface area contributed by atoms with Crippen molar-refractivity contribution in [3.8, 4) is 16.9 Å². The summed E-state index contributed by atoms with van der Waals surface area (Å²) < 4.78 is 10.9. The molecule has 5 heteroatoms. The SMILES string of the molecule is COc1cccc(-c2cn[nH]c2[C@@H]2CCCN2C2CCOCC2)c1. The second-order valence-corrected chi connectivity index (χ2v) is 6.67. The number of benzene rings is 1. The minimum absolute atomic E-state index is 0.428. The summed E-state index contributed by atoms with van der Waals surface area (Å²) in [6.07, 6.45) is 6.66. The normalized spacial score (nSPS) is 22.8. The largest absolute Gasteiger partial charge is 0.497 e. The Morgan fingerprint density at radius 1 is 1.25 bits per heavy atom. The molecular weight excluding hydrogens is 302 g/mol. The highest BCUT2D eigenvalue weighted by Gasteiger charge is 2.34. The molecule has 1 aromatic carbocycles. The van der Waals surface area contributed by atoms with Gasteiger partial charge >= 0.3 is 0 Å². The fourth-order valence-corrected chi connectivity index (χ4v) is 4.12. The van der Waals surface area contributed by atoms with Crippen molar-refractivity contribution < 1.29 is 9.47 Å². The van der Waals surface area contributed by atoms with Crippen LogP contribution in [0.5, 0.6) is 5.75 Å². The van der Waals surface area contributed by atoms with Crippen LogP contribution in [0.2, 0.25) is 0 Å². The summed E-state index contributed by atoms with van der Waals surface area (Å²) in [5, 5.41) is 7.65. The van der Waals surface area contributed by atoms with Gasteiger partial charge in [0, 0.05) is 24.8 Å². The van der Waals surface area contributed by atoms with Crippen molar-refractivity contribution in [3.05, 3.63) is 36.2 Å². The van der Waals surface area contributed by atoms with E-state index in [0.717, 1.165) is 37.4 Å². The van der Waals surface area contributed by atoms with E-state index in [2.05, 4.69) is 27.2 Å². The van der Waals surface area contributed by atoms with Crippen LogP contribution < -0.4 is 4.74 Å². The minimum atomic E-state index is 0.428. The number of H-pyrrole nitrogens is 1. The lowest BCUT2D eigenvalue weighted by molar-refractivity contribution is 0.0286. The van der Waals surface area contributed by atoms with Crippen molar-refractivity contribution in [1.82, 2.24) is 15.1 Å². The Labute approximate surface area is 143 Å². The van der Waals surface area contributed by atoms with E-state index in [1.807, 2.05) is 18.3 Å². The summed E-state index contributed by atoms with van der Waals surface area (Å²) in [6, 6.07) is 9.29. The van der Waals surface area contributed by atoms with E-state index in [-0.39, 0.29) is 0 Å². The van der Waals surface area contributed by atoms with E-state index >= 15 is 0 Å².